The number of benzene rings is 2. The molecule has 0 saturated heterocycles. The van der Waals surface area contributed by atoms with E-state index < -0.39 is 0 Å². The highest BCUT2D eigenvalue weighted by Gasteiger charge is 2.16. The van der Waals surface area contributed by atoms with Gasteiger partial charge in [0.2, 0.25) is 0 Å². The fraction of sp³-hybridized carbons (Fsp3) is 0.409. The Kier molecular flexibility index (Phi) is 7.41. The number of fused-ring (bicyclic) bond motifs is 1. The molecule has 2 N–H and O–H groups in total. The zero-order chi connectivity index (χ0) is 20.6. The summed E-state index contributed by atoms with van der Waals surface area (Å²) in [6.07, 6.45) is 1.33. The highest BCUT2D eigenvalue weighted by atomic mass is 19.1. The molecular weight excluding hydrogens is 376 g/mol. The minimum atomic E-state index is -0.289. The molecule has 0 bridgehead atoms. The first-order valence-corrected chi connectivity index (χ1v) is 9.86. The van der Waals surface area contributed by atoms with Crippen molar-refractivity contribution >= 4 is 5.96 Å². The highest BCUT2D eigenvalue weighted by molar-refractivity contribution is 5.79. The molecule has 0 fully saturated rings. The third kappa shape index (κ3) is 5.90. The van der Waals surface area contributed by atoms with Crippen molar-refractivity contribution < 1.29 is 18.3 Å². The molecule has 0 aliphatic carbocycles. The van der Waals surface area contributed by atoms with Gasteiger partial charge in [0.15, 0.2) is 12.8 Å². The minimum Gasteiger partial charge on any atom is -0.467 e. The summed E-state index contributed by atoms with van der Waals surface area (Å²) in [7, 11) is 0. The molecule has 0 amide bonds. The van der Waals surface area contributed by atoms with Crippen LogP contribution in [0.3, 0.4) is 0 Å². The van der Waals surface area contributed by atoms with E-state index in [2.05, 4.69) is 15.6 Å². The Morgan fingerprint density at radius 1 is 1.07 bits per heavy atom. The van der Waals surface area contributed by atoms with E-state index in [0.717, 1.165) is 35.2 Å². The van der Waals surface area contributed by atoms with E-state index in [1.54, 1.807) is 6.07 Å². The van der Waals surface area contributed by atoms with E-state index in [0.29, 0.717) is 37.8 Å². The number of aliphatic imine (C=N–C) groups is 1. The quantitative estimate of drug-likeness (QED) is 0.549. The van der Waals surface area contributed by atoms with Crippen molar-refractivity contribution in [2.45, 2.75) is 33.3 Å². The molecule has 0 radical (unpaired) electrons. The van der Waals surface area contributed by atoms with E-state index >= 15 is 0 Å². The summed E-state index contributed by atoms with van der Waals surface area (Å²) in [5.41, 5.74) is 3.56. The van der Waals surface area contributed by atoms with Gasteiger partial charge in [0, 0.05) is 25.2 Å². The SMILES string of the molecule is CCNC(=NCCc1ccc(F)cc1C)NCCc1cc(F)cc2c1OCOC2. The largest absolute Gasteiger partial charge is 0.467 e. The van der Waals surface area contributed by atoms with Crippen LogP contribution in [0.2, 0.25) is 0 Å². The number of rotatable bonds is 7. The number of aryl methyl sites for hydroxylation is 1. The van der Waals surface area contributed by atoms with Crippen LogP contribution in [-0.4, -0.2) is 32.4 Å². The smallest absolute Gasteiger partial charge is 0.191 e. The Morgan fingerprint density at radius 3 is 2.72 bits per heavy atom. The van der Waals surface area contributed by atoms with Crippen LogP contribution >= 0.6 is 0 Å². The van der Waals surface area contributed by atoms with E-state index in [-0.39, 0.29) is 18.4 Å². The number of ether oxygens (including phenoxy) is 2. The summed E-state index contributed by atoms with van der Waals surface area (Å²) in [6.45, 7) is 6.35. The zero-order valence-electron chi connectivity index (χ0n) is 16.9. The Hall–Kier alpha value is -2.67. The van der Waals surface area contributed by atoms with Crippen molar-refractivity contribution in [2.24, 2.45) is 4.99 Å². The molecule has 2 aromatic carbocycles. The fourth-order valence-electron chi connectivity index (χ4n) is 3.33. The van der Waals surface area contributed by atoms with Gasteiger partial charge in [-0.1, -0.05) is 6.07 Å². The fourth-order valence-corrected chi connectivity index (χ4v) is 3.33. The van der Waals surface area contributed by atoms with Crippen molar-refractivity contribution in [1.82, 2.24) is 10.6 Å². The number of hydrogen-bond donors (Lipinski definition) is 2. The maximum atomic E-state index is 13.9. The molecule has 3 rings (SSSR count). The predicted molar refractivity (Wildman–Crippen MR) is 109 cm³/mol. The lowest BCUT2D eigenvalue weighted by atomic mass is 10.1. The minimum absolute atomic E-state index is 0.186. The van der Waals surface area contributed by atoms with Gasteiger partial charge < -0.3 is 20.1 Å². The Morgan fingerprint density at radius 2 is 1.93 bits per heavy atom. The van der Waals surface area contributed by atoms with E-state index in [9.17, 15) is 8.78 Å². The molecule has 7 heteroatoms. The average molecular weight is 403 g/mol. The van der Waals surface area contributed by atoms with Gasteiger partial charge >= 0.3 is 0 Å². The molecule has 1 heterocycles. The van der Waals surface area contributed by atoms with Crippen LogP contribution in [0, 0.1) is 18.6 Å². The van der Waals surface area contributed by atoms with Gasteiger partial charge in [-0.05, 0) is 67.6 Å². The molecule has 0 spiro atoms. The van der Waals surface area contributed by atoms with Gasteiger partial charge in [0.1, 0.15) is 17.4 Å². The van der Waals surface area contributed by atoms with Crippen LogP contribution in [0.25, 0.3) is 0 Å². The van der Waals surface area contributed by atoms with E-state index in [1.165, 1.54) is 24.3 Å². The van der Waals surface area contributed by atoms with Crippen molar-refractivity contribution in [3.05, 3.63) is 64.2 Å². The molecule has 1 aliphatic rings. The van der Waals surface area contributed by atoms with Gasteiger partial charge in [-0.15, -0.1) is 0 Å². The predicted octanol–water partition coefficient (Wildman–Crippen LogP) is 3.48. The topological polar surface area (TPSA) is 54.9 Å². The van der Waals surface area contributed by atoms with Crippen LogP contribution in [0.5, 0.6) is 5.75 Å². The van der Waals surface area contributed by atoms with Gasteiger partial charge in [-0.3, -0.25) is 4.99 Å². The number of hydrogen-bond acceptors (Lipinski definition) is 3. The lowest BCUT2D eigenvalue weighted by molar-refractivity contribution is -0.0172. The van der Waals surface area contributed by atoms with Crippen molar-refractivity contribution in [3.63, 3.8) is 0 Å². The molecule has 2 aromatic rings. The summed E-state index contributed by atoms with van der Waals surface area (Å²) >= 11 is 0. The summed E-state index contributed by atoms with van der Waals surface area (Å²) in [4.78, 5) is 4.58. The standard InChI is InChI=1S/C22H27F2N3O2/c1-3-25-22(26-8-6-16-4-5-19(23)10-15(16)2)27-9-7-17-11-20(24)12-18-13-28-14-29-21(17)18/h4-5,10-12H,3,6-9,13-14H2,1-2H3,(H2,25,26,27). The Labute approximate surface area is 170 Å². The molecule has 156 valence electrons. The molecular formula is C22H27F2N3O2. The number of guanidine groups is 1. The van der Waals surface area contributed by atoms with Crippen molar-refractivity contribution in [1.29, 1.82) is 0 Å². The Balaban J connectivity index is 1.57. The summed E-state index contributed by atoms with van der Waals surface area (Å²) in [6, 6.07) is 7.77. The van der Waals surface area contributed by atoms with Crippen LogP contribution < -0.4 is 15.4 Å². The first kappa shape index (κ1) is 21.0. The number of nitrogens with zero attached hydrogens (tertiary/aromatic N) is 1. The highest BCUT2D eigenvalue weighted by Crippen LogP contribution is 2.29. The second kappa shape index (κ2) is 10.2. The molecule has 0 unspecified atom stereocenters. The summed E-state index contributed by atoms with van der Waals surface area (Å²) in [5.74, 6) is 0.901. The van der Waals surface area contributed by atoms with Crippen LogP contribution in [0.4, 0.5) is 8.78 Å². The molecule has 0 saturated carbocycles. The Bertz CT molecular complexity index is 871. The van der Waals surface area contributed by atoms with Crippen LogP contribution in [0.1, 0.15) is 29.2 Å². The molecule has 0 atom stereocenters. The summed E-state index contributed by atoms with van der Waals surface area (Å²) < 4.78 is 37.9. The molecule has 5 nitrogen and oxygen atoms in total. The average Bonchev–Trinajstić information content (AvgIpc) is 2.69. The van der Waals surface area contributed by atoms with Crippen LogP contribution in [0.15, 0.2) is 35.3 Å². The third-order valence-electron chi connectivity index (χ3n) is 4.74. The maximum Gasteiger partial charge on any atom is 0.191 e. The van der Waals surface area contributed by atoms with E-state index in [1.807, 2.05) is 13.8 Å². The van der Waals surface area contributed by atoms with Gasteiger partial charge in [0.25, 0.3) is 0 Å². The monoisotopic (exact) mass is 403 g/mol. The summed E-state index contributed by atoms with van der Waals surface area (Å²) in [5, 5.41) is 6.48. The third-order valence-corrected chi connectivity index (χ3v) is 4.74. The lowest BCUT2D eigenvalue weighted by Gasteiger charge is -2.21. The first-order chi connectivity index (χ1) is 14.1. The van der Waals surface area contributed by atoms with E-state index in [4.69, 9.17) is 9.47 Å². The van der Waals surface area contributed by atoms with Crippen molar-refractivity contribution in [3.8, 4) is 5.75 Å². The lowest BCUT2D eigenvalue weighted by Crippen LogP contribution is -2.38. The number of nitrogens with one attached hydrogen (secondary N) is 2. The maximum absolute atomic E-state index is 13.9. The zero-order valence-corrected chi connectivity index (χ0v) is 16.9. The first-order valence-electron chi connectivity index (χ1n) is 9.86. The second-order valence-electron chi connectivity index (χ2n) is 6.92. The number of halogens is 2. The van der Waals surface area contributed by atoms with Gasteiger partial charge in [-0.25, -0.2) is 8.78 Å². The van der Waals surface area contributed by atoms with Gasteiger partial charge in [-0.2, -0.15) is 0 Å². The molecule has 1 aliphatic heterocycles. The molecule has 29 heavy (non-hydrogen) atoms. The van der Waals surface area contributed by atoms with Crippen molar-refractivity contribution in [2.75, 3.05) is 26.4 Å². The normalized spacial score (nSPS) is 13.6. The van der Waals surface area contributed by atoms with Gasteiger partial charge in [0.05, 0.1) is 6.61 Å². The second-order valence-corrected chi connectivity index (χ2v) is 6.92. The molecule has 0 aromatic heterocycles. The van der Waals surface area contributed by atoms with Crippen LogP contribution in [-0.2, 0) is 24.2 Å².